The smallest absolute Gasteiger partial charge is 0.272 e. The summed E-state index contributed by atoms with van der Waals surface area (Å²) in [7, 11) is 0. The van der Waals surface area contributed by atoms with Gasteiger partial charge in [-0.15, -0.1) is 0 Å². The fraction of sp³-hybridized carbons (Fsp3) is 0.190. The number of carbonyl (C=O) groups is 2. The highest BCUT2D eigenvalue weighted by molar-refractivity contribution is 6.15. The summed E-state index contributed by atoms with van der Waals surface area (Å²) < 4.78 is 5.65. The third-order valence-corrected chi connectivity index (χ3v) is 4.62. The third kappa shape index (κ3) is 3.65. The van der Waals surface area contributed by atoms with E-state index in [1.54, 1.807) is 25.4 Å². The number of rotatable bonds is 6. The Labute approximate surface area is 161 Å². The van der Waals surface area contributed by atoms with Crippen molar-refractivity contribution in [2.75, 3.05) is 11.9 Å². The van der Waals surface area contributed by atoms with Gasteiger partial charge in [-0.05, 0) is 17.7 Å². The van der Waals surface area contributed by atoms with Gasteiger partial charge in [-0.25, -0.2) is 5.43 Å². The fourth-order valence-corrected chi connectivity index (χ4v) is 3.14. The van der Waals surface area contributed by atoms with Crippen LogP contribution < -0.4 is 10.7 Å². The highest BCUT2D eigenvalue weighted by atomic mass is 16.5. The largest absolute Gasteiger partial charge is 0.376 e. The average Bonchev–Trinajstić information content (AvgIpc) is 3.03. The second-order valence-corrected chi connectivity index (χ2v) is 6.78. The lowest BCUT2D eigenvalue weighted by atomic mass is 10.0. The van der Waals surface area contributed by atoms with Crippen molar-refractivity contribution in [1.29, 1.82) is 0 Å². The van der Waals surface area contributed by atoms with Gasteiger partial charge in [-0.2, -0.15) is 5.10 Å². The lowest BCUT2D eigenvalue weighted by Gasteiger charge is -2.14. The molecule has 1 atom stereocenters. The molecule has 1 aliphatic rings. The number of hydrazone groups is 1. The van der Waals surface area contributed by atoms with E-state index < -0.39 is 0 Å². The number of ether oxygens (including phenoxy) is 1. The van der Waals surface area contributed by atoms with E-state index in [9.17, 15) is 9.59 Å². The van der Waals surface area contributed by atoms with E-state index >= 15 is 0 Å². The quantitative estimate of drug-likeness (QED) is 0.617. The van der Waals surface area contributed by atoms with Gasteiger partial charge < -0.3 is 15.0 Å². The van der Waals surface area contributed by atoms with Crippen LogP contribution in [0.15, 0.2) is 53.8 Å². The number of H-pyrrole nitrogens is 1. The first-order valence-electron chi connectivity index (χ1n) is 9.03. The number of amides is 2. The van der Waals surface area contributed by atoms with Crippen molar-refractivity contribution in [3.63, 3.8) is 0 Å². The van der Waals surface area contributed by atoms with E-state index in [0.29, 0.717) is 24.5 Å². The van der Waals surface area contributed by atoms with Crippen molar-refractivity contribution in [2.24, 2.45) is 11.0 Å². The van der Waals surface area contributed by atoms with Crippen LogP contribution in [0, 0.1) is 5.92 Å². The molecule has 142 valence electrons. The Morgan fingerprint density at radius 2 is 2.07 bits per heavy atom. The van der Waals surface area contributed by atoms with Crippen LogP contribution in [0.4, 0.5) is 5.69 Å². The summed E-state index contributed by atoms with van der Waals surface area (Å²) in [6, 6.07) is 13.3. The molecule has 4 rings (SSSR count). The summed E-state index contributed by atoms with van der Waals surface area (Å²) in [5.41, 5.74) is 6.13. The molecule has 0 fully saturated rings. The summed E-state index contributed by atoms with van der Waals surface area (Å²) in [6.45, 7) is 2.57. The number of hydrogen-bond acceptors (Lipinski definition) is 4. The molecule has 7 heteroatoms. The van der Waals surface area contributed by atoms with E-state index in [-0.39, 0.29) is 17.7 Å². The van der Waals surface area contributed by atoms with Crippen molar-refractivity contribution < 1.29 is 14.3 Å². The first-order chi connectivity index (χ1) is 13.6. The number of nitrogens with one attached hydrogen (secondary N) is 3. The van der Waals surface area contributed by atoms with E-state index in [4.69, 9.17) is 4.74 Å². The first kappa shape index (κ1) is 17.9. The fourth-order valence-electron chi connectivity index (χ4n) is 3.14. The van der Waals surface area contributed by atoms with Crippen LogP contribution >= 0.6 is 0 Å². The van der Waals surface area contributed by atoms with Gasteiger partial charge in [0, 0.05) is 28.4 Å². The maximum Gasteiger partial charge on any atom is 0.272 e. The summed E-state index contributed by atoms with van der Waals surface area (Å²) in [5.74, 6) is -0.818. The van der Waals surface area contributed by atoms with E-state index in [1.807, 2.05) is 36.4 Å². The molecule has 2 heterocycles. The summed E-state index contributed by atoms with van der Waals surface area (Å²) >= 11 is 0. The Kier molecular flexibility index (Phi) is 4.90. The zero-order chi connectivity index (χ0) is 19.5. The maximum absolute atomic E-state index is 12.5. The number of anilines is 1. The van der Waals surface area contributed by atoms with Gasteiger partial charge in [-0.1, -0.05) is 37.3 Å². The predicted molar refractivity (Wildman–Crippen MR) is 107 cm³/mol. The molecule has 0 saturated carbocycles. The van der Waals surface area contributed by atoms with Gasteiger partial charge in [0.2, 0.25) is 5.91 Å². The van der Waals surface area contributed by atoms with Gasteiger partial charge in [-0.3, -0.25) is 9.59 Å². The Morgan fingerprint density at radius 1 is 1.25 bits per heavy atom. The Hall–Kier alpha value is -3.45. The van der Waals surface area contributed by atoms with Crippen LogP contribution in [0.1, 0.15) is 28.4 Å². The topological polar surface area (TPSA) is 95.6 Å². The number of benzene rings is 2. The second-order valence-electron chi connectivity index (χ2n) is 6.78. The molecule has 0 radical (unpaired) electrons. The minimum absolute atomic E-state index is 0.170. The normalized spacial score (nSPS) is 13.8. The molecule has 2 amide bonds. The molecule has 3 N–H and O–H groups in total. The first-order valence-corrected chi connectivity index (χ1v) is 9.03. The SMILES string of the molecule is C[C@H](COCc1ccccc1)C(=O)Nc1cc2c3c(c[nH]c3c1)C=NNC2=O. The highest BCUT2D eigenvalue weighted by Crippen LogP contribution is 2.27. The van der Waals surface area contributed by atoms with Crippen LogP contribution in [-0.4, -0.2) is 29.6 Å². The standard InChI is InChI=1S/C21H20N4O3/c1-13(11-28-12-14-5-3-2-4-6-14)20(26)24-16-7-17-19-15(9-22-18(19)8-16)10-23-25-21(17)27/h2-10,13,22H,11-12H2,1H3,(H,24,26)(H,25,27)/t13-/m1/s1. The molecular formula is C21H20N4O3. The van der Waals surface area contributed by atoms with Crippen molar-refractivity contribution in [3.05, 3.63) is 65.4 Å². The van der Waals surface area contributed by atoms with Crippen LogP contribution in [0.25, 0.3) is 10.9 Å². The van der Waals surface area contributed by atoms with Crippen LogP contribution in [0.2, 0.25) is 0 Å². The molecule has 0 spiro atoms. The molecular weight excluding hydrogens is 356 g/mol. The summed E-state index contributed by atoms with van der Waals surface area (Å²) in [5, 5.41) is 7.55. The average molecular weight is 376 g/mol. The second kappa shape index (κ2) is 7.66. The zero-order valence-corrected chi connectivity index (χ0v) is 15.4. The number of nitrogens with zero attached hydrogens (tertiary/aromatic N) is 1. The minimum Gasteiger partial charge on any atom is -0.376 e. The molecule has 7 nitrogen and oxygen atoms in total. The molecule has 3 aromatic rings. The molecule has 0 saturated heterocycles. The molecule has 1 aromatic heterocycles. The molecule has 0 bridgehead atoms. The number of carbonyl (C=O) groups excluding carboxylic acids is 2. The molecule has 0 unspecified atom stereocenters. The van der Waals surface area contributed by atoms with Gasteiger partial charge in [0.05, 0.1) is 30.9 Å². The monoisotopic (exact) mass is 376 g/mol. The van der Waals surface area contributed by atoms with Gasteiger partial charge in [0.1, 0.15) is 0 Å². The molecule has 28 heavy (non-hydrogen) atoms. The van der Waals surface area contributed by atoms with Crippen LogP contribution in [0.3, 0.4) is 0 Å². The molecule has 1 aliphatic heterocycles. The van der Waals surface area contributed by atoms with E-state index in [2.05, 4.69) is 20.8 Å². The minimum atomic E-state index is -0.338. The van der Waals surface area contributed by atoms with Gasteiger partial charge in [0.25, 0.3) is 5.91 Å². The number of hydrogen-bond donors (Lipinski definition) is 3. The third-order valence-electron chi connectivity index (χ3n) is 4.62. The van der Waals surface area contributed by atoms with Crippen molar-refractivity contribution in [1.82, 2.24) is 10.4 Å². The lowest BCUT2D eigenvalue weighted by molar-refractivity contribution is -0.121. The van der Waals surface area contributed by atoms with Crippen molar-refractivity contribution in [2.45, 2.75) is 13.5 Å². The highest BCUT2D eigenvalue weighted by Gasteiger charge is 2.20. The number of aromatic amines is 1. The van der Waals surface area contributed by atoms with Crippen molar-refractivity contribution in [3.8, 4) is 0 Å². The van der Waals surface area contributed by atoms with Crippen LogP contribution in [0.5, 0.6) is 0 Å². The van der Waals surface area contributed by atoms with Crippen LogP contribution in [-0.2, 0) is 16.1 Å². The lowest BCUT2D eigenvalue weighted by Crippen LogP contribution is -2.24. The van der Waals surface area contributed by atoms with Crippen molar-refractivity contribution >= 4 is 34.6 Å². The summed E-state index contributed by atoms with van der Waals surface area (Å²) in [4.78, 5) is 27.9. The number of aromatic nitrogens is 1. The molecule has 2 aromatic carbocycles. The predicted octanol–water partition coefficient (Wildman–Crippen LogP) is 3.04. The Balaban J connectivity index is 1.43. The summed E-state index contributed by atoms with van der Waals surface area (Å²) in [6.07, 6.45) is 3.38. The van der Waals surface area contributed by atoms with E-state index in [0.717, 1.165) is 22.0 Å². The maximum atomic E-state index is 12.5. The Bertz CT molecular complexity index is 1060. The van der Waals surface area contributed by atoms with Gasteiger partial charge >= 0.3 is 0 Å². The van der Waals surface area contributed by atoms with E-state index in [1.165, 1.54) is 0 Å². The Morgan fingerprint density at radius 3 is 2.89 bits per heavy atom. The zero-order valence-electron chi connectivity index (χ0n) is 15.4. The molecule has 0 aliphatic carbocycles. The van der Waals surface area contributed by atoms with Gasteiger partial charge in [0.15, 0.2) is 0 Å².